The van der Waals surface area contributed by atoms with Gasteiger partial charge in [-0.1, -0.05) is 292 Å². The topological polar surface area (TPSA) is 78.9 Å². The van der Waals surface area contributed by atoms with Gasteiger partial charge in [0.05, 0.1) is 0 Å². The van der Waals surface area contributed by atoms with E-state index in [4.69, 9.17) is 14.2 Å². The van der Waals surface area contributed by atoms with Crippen LogP contribution < -0.4 is 0 Å². The van der Waals surface area contributed by atoms with E-state index in [-0.39, 0.29) is 31.1 Å². The second-order valence-corrected chi connectivity index (χ2v) is 21.8. The molecule has 0 N–H and O–H groups in total. The number of ether oxygens (including phenoxy) is 3. The Hall–Kier alpha value is -1.59. The number of unbranched alkanes of at least 4 members (excludes halogenated alkanes) is 35. The zero-order chi connectivity index (χ0) is 48.4. The summed E-state index contributed by atoms with van der Waals surface area (Å²) in [6.45, 7) is 13.7. The van der Waals surface area contributed by atoms with E-state index in [1.807, 2.05) is 0 Å². The molecular formula is C60H116O6. The Labute approximate surface area is 412 Å². The molecule has 392 valence electrons. The van der Waals surface area contributed by atoms with Crippen molar-refractivity contribution in [3.05, 3.63) is 0 Å². The Morgan fingerprint density at radius 1 is 0.303 bits per heavy atom. The van der Waals surface area contributed by atoms with E-state index in [0.717, 1.165) is 75.5 Å². The molecule has 2 atom stereocenters. The third-order valence-corrected chi connectivity index (χ3v) is 14.0. The number of hydrogen-bond donors (Lipinski definition) is 0. The third-order valence-electron chi connectivity index (χ3n) is 14.0. The minimum atomic E-state index is -0.764. The lowest BCUT2D eigenvalue weighted by Gasteiger charge is -2.18. The Kier molecular flexibility index (Phi) is 50.0. The van der Waals surface area contributed by atoms with Crippen LogP contribution in [0.5, 0.6) is 0 Å². The van der Waals surface area contributed by atoms with E-state index in [1.165, 1.54) is 212 Å². The Balaban J connectivity index is 4.18. The second-order valence-electron chi connectivity index (χ2n) is 21.8. The van der Waals surface area contributed by atoms with Gasteiger partial charge >= 0.3 is 17.9 Å². The SMILES string of the molecule is CCC(C)CCCCCCCCCCCCCCCCCCCCC(=O)OC[C@@H](COC(=O)CCCCCCCCC(C)C)OC(=O)CCCCCCCCCCCCCCCCC(C)C. The van der Waals surface area contributed by atoms with Crippen molar-refractivity contribution in [3.63, 3.8) is 0 Å². The molecule has 0 heterocycles. The number of rotatable bonds is 53. The van der Waals surface area contributed by atoms with Gasteiger partial charge in [-0.2, -0.15) is 0 Å². The molecule has 0 aliphatic heterocycles. The van der Waals surface area contributed by atoms with Crippen LogP contribution in [0.4, 0.5) is 0 Å². The average molecular weight is 934 g/mol. The molecule has 0 fully saturated rings. The standard InChI is InChI=1S/C60H116O6/c1-7-56(6)48-42-36-29-25-21-17-12-10-8-9-11-13-18-22-26-30-37-43-49-58(61)64-52-57(53-65-59(62)50-44-38-33-32-35-41-47-55(4)5)66-60(63)51-45-39-31-27-23-19-15-14-16-20-24-28-34-40-46-54(2)3/h54-57H,7-53H2,1-6H3/t56?,57-/m0/s1. The van der Waals surface area contributed by atoms with Gasteiger partial charge in [-0.3, -0.25) is 14.4 Å². The summed E-state index contributed by atoms with van der Waals surface area (Å²) in [6.07, 6.45) is 54.0. The first kappa shape index (κ1) is 64.4. The Morgan fingerprint density at radius 2 is 0.530 bits per heavy atom. The molecule has 0 aromatic heterocycles. The summed E-state index contributed by atoms with van der Waals surface area (Å²) in [6, 6.07) is 0. The van der Waals surface area contributed by atoms with Crippen molar-refractivity contribution in [2.45, 2.75) is 337 Å². The van der Waals surface area contributed by atoms with Crippen LogP contribution in [-0.4, -0.2) is 37.2 Å². The highest BCUT2D eigenvalue weighted by Gasteiger charge is 2.19. The summed E-state index contributed by atoms with van der Waals surface area (Å²) in [5, 5.41) is 0. The summed E-state index contributed by atoms with van der Waals surface area (Å²) < 4.78 is 16.9. The van der Waals surface area contributed by atoms with Gasteiger partial charge in [-0.25, -0.2) is 0 Å². The minimum Gasteiger partial charge on any atom is -0.462 e. The number of esters is 3. The monoisotopic (exact) mass is 933 g/mol. The third kappa shape index (κ3) is 51.8. The maximum Gasteiger partial charge on any atom is 0.306 e. The first-order chi connectivity index (χ1) is 32.1. The fourth-order valence-corrected chi connectivity index (χ4v) is 9.14. The number of carbonyl (C=O) groups excluding carboxylic acids is 3. The van der Waals surface area contributed by atoms with Gasteiger partial charge < -0.3 is 14.2 Å². The van der Waals surface area contributed by atoms with Crippen molar-refractivity contribution >= 4 is 17.9 Å². The maximum atomic E-state index is 12.8. The highest BCUT2D eigenvalue weighted by molar-refractivity contribution is 5.71. The maximum absolute atomic E-state index is 12.8. The Bertz CT molecular complexity index is 1020. The predicted octanol–water partition coefficient (Wildman–Crippen LogP) is 19.5. The molecule has 0 aliphatic rings. The fraction of sp³-hybridized carbons (Fsp3) is 0.950. The molecule has 0 bridgehead atoms. The molecule has 0 saturated heterocycles. The quantitative estimate of drug-likeness (QED) is 0.0343. The molecule has 0 spiro atoms. The van der Waals surface area contributed by atoms with E-state index < -0.39 is 6.10 Å². The van der Waals surface area contributed by atoms with Crippen LogP contribution in [0, 0.1) is 17.8 Å². The van der Waals surface area contributed by atoms with Crippen LogP contribution >= 0.6 is 0 Å². The van der Waals surface area contributed by atoms with Gasteiger partial charge in [-0.15, -0.1) is 0 Å². The average Bonchev–Trinajstić information content (AvgIpc) is 3.29. The summed E-state index contributed by atoms with van der Waals surface area (Å²) >= 11 is 0. The van der Waals surface area contributed by atoms with Crippen LogP contribution in [0.25, 0.3) is 0 Å². The van der Waals surface area contributed by atoms with Crippen molar-refractivity contribution in [2.24, 2.45) is 17.8 Å². The number of carbonyl (C=O) groups is 3. The predicted molar refractivity (Wildman–Crippen MR) is 284 cm³/mol. The molecule has 0 aliphatic carbocycles. The molecule has 6 nitrogen and oxygen atoms in total. The zero-order valence-electron chi connectivity index (χ0n) is 45.5. The van der Waals surface area contributed by atoms with Gasteiger partial charge in [0.25, 0.3) is 0 Å². The summed E-state index contributed by atoms with van der Waals surface area (Å²) in [4.78, 5) is 38.1. The zero-order valence-corrected chi connectivity index (χ0v) is 45.5. The van der Waals surface area contributed by atoms with Gasteiger partial charge in [0.1, 0.15) is 13.2 Å². The fourth-order valence-electron chi connectivity index (χ4n) is 9.14. The summed E-state index contributed by atoms with van der Waals surface area (Å²) in [5.74, 6) is 1.67. The van der Waals surface area contributed by atoms with Gasteiger partial charge in [0, 0.05) is 19.3 Å². The molecule has 66 heavy (non-hydrogen) atoms. The second kappa shape index (κ2) is 51.3. The molecule has 0 radical (unpaired) electrons. The van der Waals surface area contributed by atoms with E-state index in [0.29, 0.717) is 19.3 Å². The van der Waals surface area contributed by atoms with Gasteiger partial charge in [-0.05, 0) is 37.0 Å². The van der Waals surface area contributed by atoms with Crippen LogP contribution in [0.2, 0.25) is 0 Å². The first-order valence-electron chi connectivity index (χ1n) is 29.6. The molecule has 0 aromatic carbocycles. The lowest BCUT2D eigenvalue weighted by molar-refractivity contribution is -0.167. The van der Waals surface area contributed by atoms with Crippen LogP contribution in [0.15, 0.2) is 0 Å². The van der Waals surface area contributed by atoms with Crippen molar-refractivity contribution < 1.29 is 28.6 Å². The molecule has 0 amide bonds. The van der Waals surface area contributed by atoms with Crippen molar-refractivity contribution in [2.75, 3.05) is 13.2 Å². The van der Waals surface area contributed by atoms with E-state index in [2.05, 4.69) is 41.5 Å². The first-order valence-corrected chi connectivity index (χ1v) is 29.6. The van der Waals surface area contributed by atoms with Gasteiger partial charge in [0.15, 0.2) is 6.10 Å². The highest BCUT2D eigenvalue weighted by atomic mass is 16.6. The lowest BCUT2D eigenvalue weighted by Crippen LogP contribution is -2.30. The van der Waals surface area contributed by atoms with Crippen LogP contribution in [-0.2, 0) is 28.6 Å². The van der Waals surface area contributed by atoms with E-state index in [1.54, 1.807) is 0 Å². The molecule has 0 rings (SSSR count). The molecule has 1 unspecified atom stereocenters. The largest absolute Gasteiger partial charge is 0.462 e. The molecule has 6 heteroatoms. The minimum absolute atomic E-state index is 0.0642. The number of hydrogen-bond acceptors (Lipinski definition) is 6. The smallest absolute Gasteiger partial charge is 0.306 e. The van der Waals surface area contributed by atoms with Crippen LogP contribution in [0.3, 0.4) is 0 Å². The highest BCUT2D eigenvalue weighted by Crippen LogP contribution is 2.19. The molecule has 0 saturated carbocycles. The van der Waals surface area contributed by atoms with Crippen LogP contribution in [0.1, 0.15) is 330 Å². The molecule has 0 aromatic rings. The van der Waals surface area contributed by atoms with Crippen molar-refractivity contribution in [1.29, 1.82) is 0 Å². The normalized spacial score (nSPS) is 12.5. The Morgan fingerprint density at radius 3 is 0.788 bits per heavy atom. The molecular weight excluding hydrogens is 817 g/mol. The summed E-state index contributed by atoms with van der Waals surface area (Å²) in [7, 11) is 0. The van der Waals surface area contributed by atoms with Gasteiger partial charge in [0.2, 0.25) is 0 Å². The van der Waals surface area contributed by atoms with E-state index in [9.17, 15) is 14.4 Å². The van der Waals surface area contributed by atoms with Crippen molar-refractivity contribution in [3.8, 4) is 0 Å². The van der Waals surface area contributed by atoms with Crippen molar-refractivity contribution in [1.82, 2.24) is 0 Å². The lowest BCUT2D eigenvalue weighted by atomic mass is 9.99. The summed E-state index contributed by atoms with van der Waals surface area (Å²) in [5.41, 5.74) is 0. The van der Waals surface area contributed by atoms with E-state index >= 15 is 0 Å².